The largest absolute Gasteiger partial charge is 0.493 e. The molecule has 1 atom stereocenters. The molecule has 2 heterocycles. The molecule has 4 rings (SSSR count). The monoisotopic (exact) mass is 300 g/mol. The number of aromatic nitrogens is 1. The minimum absolute atomic E-state index is 0.219. The van der Waals surface area contributed by atoms with Crippen molar-refractivity contribution in [3.05, 3.63) is 44.9 Å². The Hall–Kier alpha value is -1.39. The van der Waals surface area contributed by atoms with Crippen LogP contribution in [0.15, 0.2) is 18.2 Å². The summed E-state index contributed by atoms with van der Waals surface area (Å²) in [4.78, 5) is 6.40. The lowest BCUT2D eigenvalue weighted by Gasteiger charge is -2.17. The van der Waals surface area contributed by atoms with E-state index in [0.717, 1.165) is 31.7 Å². The minimum atomic E-state index is 0.219. The van der Waals surface area contributed by atoms with Gasteiger partial charge in [0.15, 0.2) is 0 Å². The summed E-state index contributed by atoms with van der Waals surface area (Å²) in [5, 5.41) is 4.82. The lowest BCUT2D eigenvalue weighted by molar-refractivity contribution is 0.357. The van der Waals surface area contributed by atoms with E-state index in [2.05, 4.69) is 30.4 Å². The third-order valence-corrected chi connectivity index (χ3v) is 5.54. The van der Waals surface area contributed by atoms with Gasteiger partial charge in [-0.25, -0.2) is 4.98 Å². The van der Waals surface area contributed by atoms with Crippen LogP contribution in [-0.2, 0) is 19.3 Å². The first-order chi connectivity index (χ1) is 10.3. The molecule has 4 heteroatoms. The molecule has 0 bridgehead atoms. The van der Waals surface area contributed by atoms with E-state index in [-0.39, 0.29) is 6.04 Å². The molecule has 0 fully saturated rings. The second kappa shape index (κ2) is 5.43. The van der Waals surface area contributed by atoms with Crippen molar-refractivity contribution >= 4 is 11.3 Å². The summed E-state index contributed by atoms with van der Waals surface area (Å²) in [7, 11) is 0. The zero-order valence-corrected chi connectivity index (χ0v) is 13.1. The van der Waals surface area contributed by atoms with Crippen molar-refractivity contribution in [2.75, 3.05) is 13.2 Å². The molecule has 1 unspecified atom stereocenters. The molecule has 1 aromatic heterocycles. The maximum atomic E-state index is 5.62. The Morgan fingerprint density at radius 3 is 3.14 bits per heavy atom. The summed E-state index contributed by atoms with van der Waals surface area (Å²) < 4.78 is 5.62. The topological polar surface area (TPSA) is 34.1 Å². The standard InChI is InChI=1S/C17H20N2OS/c1-2-18-16(17-19-13-4-3-5-15(13)21-17)12-6-7-14-11(10-12)8-9-20-14/h6-7,10,16,18H,2-5,8-9H2,1H3. The Kier molecular flexibility index (Phi) is 3.43. The molecule has 0 saturated heterocycles. The first-order valence-electron chi connectivity index (χ1n) is 7.82. The van der Waals surface area contributed by atoms with E-state index in [0.29, 0.717) is 0 Å². The van der Waals surface area contributed by atoms with Gasteiger partial charge in [-0.15, -0.1) is 11.3 Å². The number of fused-ring (bicyclic) bond motifs is 2. The van der Waals surface area contributed by atoms with E-state index in [1.54, 1.807) is 0 Å². The van der Waals surface area contributed by atoms with Crippen LogP contribution < -0.4 is 10.1 Å². The molecule has 2 aliphatic rings. The fourth-order valence-electron chi connectivity index (χ4n) is 3.27. The molecular weight excluding hydrogens is 280 g/mol. The highest BCUT2D eigenvalue weighted by molar-refractivity contribution is 7.11. The van der Waals surface area contributed by atoms with Crippen LogP contribution in [0.2, 0.25) is 0 Å². The van der Waals surface area contributed by atoms with Gasteiger partial charge in [-0.3, -0.25) is 0 Å². The van der Waals surface area contributed by atoms with Gasteiger partial charge in [-0.2, -0.15) is 0 Å². The average Bonchev–Trinajstić information content (AvgIpc) is 3.18. The zero-order valence-electron chi connectivity index (χ0n) is 12.3. The van der Waals surface area contributed by atoms with Crippen molar-refractivity contribution in [2.24, 2.45) is 0 Å². The number of nitrogens with one attached hydrogen (secondary N) is 1. The highest BCUT2D eigenvalue weighted by Crippen LogP contribution is 2.35. The number of aryl methyl sites for hydroxylation is 2. The van der Waals surface area contributed by atoms with Crippen molar-refractivity contribution < 1.29 is 4.74 Å². The predicted molar refractivity (Wildman–Crippen MR) is 85.3 cm³/mol. The maximum absolute atomic E-state index is 5.62. The van der Waals surface area contributed by atoms with Crippen LogP contribution in [0, 0.1) is 0 Å². The first kappa shape index (κ1) is 13.3. The van der Waals surface area contributed by atoms with Gasteiger partial charge >= 0.3 is 0 Å². The smallest absolute Gasteiger partial charge is 0.122 e. The molecule has 3 nitrogen and oxygen atoms in total. The van der Waals surface area contributed by atoms with E-state index in [9.17, 15) is 0 Å². The van der Waals surface area contributed by atoms with Gasteiger partial charge in [-0.1, -0.05) is 13.0 Å². The van der Waals surface area contributed by atoms with Crippen molar-refractivity contribution in [1.29, 1.82) is 0 Å². The maximum Gasteiger partial charge on any atom is 0.122 e. The summed E-state index contributed by atoms with van der Waals surface area (Å²) >= 11 is 1.89. The minimum Gasteiger partial charge on any atom is -0.493 e. The Morgan fingerprint density at radius 2 is 2.29 bits per heavy atom. The SMILES string of the molecule is CCNC(c1ccc2c(c1)CCO2)c1nc2c(s1)CCC2. The number of ether oxygens (including phenoxy) is 1. The van der Waals surface area contributed by atoms with Gasteiger partial charge < -0.3 is 10.1 Å². The molecule has 1 aliphatic heterocycles. The summed E-state index contributed by atoms with van der Waals surface area (Å²) in [6.07, 6.45) is 4.67. The summed E-state index contributed by atoms with van der Waals surface area (Å²) in [6, 6.07) is 6.81. The van der Waals surface area contributed by atoms with Gasteiger partial charge in [0.2, 0.25) is 0 Å². The van der Waals surface area contributed by atoms with Gasteiger partial charge in [0.05, 0.1) is 18.3 Å². The second-order valence-electron chi connectivity index (χ2n) is 5.73. The third-order valence-electron chi connectivity index (χ3n) is 4.31. The quantitative estimate of drug-likeness (QED) is 0.941. The van der Waals surface area contributed by atoms with E-state index >= 15 is 0 Å². The van der Waals surface area contributed by atoms with E-state index in [4.69, 9.17) is 9.72 Å². The fourth-order valence-corrected chi connectivity index (χ4v) is 4.53. The van der Waals surface area contributed by atoms with Crippen LogP contribution in [0.4, 0.5) is 0 Å². The van der Waals surface area contributed by atoms with Crippen LogP contribution >= 0.6 is 11.3 Å². The number of hydrogen-bond acceptors (Lipinski definition) is 4. The molecule has 0 spiro atoms. The van der Waals surface area contributed by atoms with Gasteiger partial charge in [0, 0.05) is 11.3 Å². The van der Waals surface area contributed by atoms with Crippen LogP contribution in [0.1, 0.15) is 46.1 Å². The molecule has 0 radical (unpaired) electrons. The lowest BCUT2D eigenvalue weighted by Crippen LogP contribution is -2.22. The Bertz CT molecular complexity index is 643. The Morgan fingerprint density at radius 1 is 1.33 bits per heavy atom. The number of rotatable bonds is 4. The average molecular weight is 300 g/mol. The van der Waals surface area contributed by atoms with Crippen LogP contribution in [0.5, 0.6) is 5.75 Å². The molecule has 1 aliphatic carbocycles. The molecule has 0 saturated carbocycles. The Labute approximate surface area is 129 Å². The number of benzene rings is 1. The van der Waals surface area contributed by atoms with Crippen molar-refractivity contribution in [1.82, 2.24) is 10.3 Å². The van der Waals surface area contributed by atoms with Crippen LogP contribution in [0.3, 0.4) is 0 Å². The molecule has 0 amide bonds. The number of hydrogen-bond donors (Lipinski definition) is 1. The van der Waals surface area contributed by atoms with Crippen LogP contribution in [-0.4, -0.2) is 18.1 Å². The first-order valence-corrected chi connectivity index (χ1v) is 8.64. The van der Waals surface area contributed by atoms with Gasteiger partial charge in [-0.05, 0) is 49.1 Å². The zero-order chi connectivity index (χ0) is 14.2. The second-order valence-corrected chi connectivity index (χ2v) is 6.85. The fraction of sp³-hybridized carbons (Fsp3) is 0.471. The third kappa shape index (κ3) is 2.36. The van der Waals surface area contributed by atoms with Gasteiger partial charge in [0.25, 0.3) is 0 Å². The van der Waals surface area contributed by atoms with Crippen molar-refractivity contribution in [3.63, 3.8) is 0 Å². The molecule has 110 valence electrons. The summed E-state index contributed by atoms with van der Waals surface area (Å²) in [5.41, 5.74) is 3.98. The number of nitrogens with zero attached hydrogens (tertiary/aromatic N) is 1. The molecular formula is C17H20N2OS. The summed E-state index contributed by atoms with van der Waals surface area (Å²) in [6.45, 7) is 3.92. The normalized spacial score (nSPS) is 17.4. The summed E-state index contributed by atoms with van der Waals surface area (Å²) in [5.74, 6) is 1.05. The Balaban J connectivity index is 1.70. The molecule has 21 heavy (non-hydrogen) atoms. The van der Waals surface area contributed by atoms with E-state index in [1.165, 1.54) is 39.5 Å². The lowest BCUT2D eigenvalue weighted by atomic mass is 10.0. The molecule has 1 N–H and O–H groups in total. The van der Waals surface area contributed by atoms with E-state index in [1.807, 2.05) is 11.3 Å². The molecule has 1 aromatic carbocycles. The van der Waals surface area contributed by atoms with Crippen molar-refractivity contribution in [3.8, 4) is 5.75 Å². The van der Waals surface area contributed by atoms with Crippen LogP contribution in [0.25, 0.3) is 0 Å². The number of thiazole rings is 1. The highest BCUT2D eigenvalue weighted by Gasteiger charge is 2.24. The molecule has 2 aromatic rings. The van der Waals surface area contributed by atoms with E-state index < -0.39 is 0 Å². The highest BCUT2D eigenvalue weighted by atomic mass is 32.1. The van der Waals surface area contributed by atoms with Gasteiger partial charge in [0.1, 0.15) is 10.8 Å². The predicted octanol–water partition coefficient (Wildman–Crippen LogP) is 3.27. The van der Waals surface area contributed by atoms with Crippen molar-refractivity contribution in [2.45, 2.75) is 38.6 Å².